The molecule has 0 aromatic heterocycles. The molecule has 1 unspecified atom stereocenters. The number of phenols is 1. The molecule has 0 radical (unpaired) electrons. The van der Waals surface area contributed by atoms with Gasteiger partial charge in [0.05, 0.1) is 6.04 Å². The van der Waals surface area contributed by atoms with Crippen LogP contribution in [0, 0.1) is 5.82 Å². The Morgan fingerprint density at radius 1 is 1.44 bits per heavy atom. The Labute approximate surface area is 106 Å². The van der Waals surface area contributed by atoms with Gasteiger partial charge in [0.2, 0.25) is 5.91 Å². The maximum absolute atomic E-state index is 13.0. The van der Waals surface area contributed by atoms with E-state index in [0.717, 1.165) is 12.5 Å². The van der Waals surface area contributed by atoms with Gasteiger partial charge < -0.3 is 15.7 Å². The maximum atomic E-state index is 13.0. The second-order valence-corrected chi connectivity index (χ2v) is 4.21. The van der Waals surface area contributed by atoms with Crippen LogP contribution in [0.25, 0.3) is 0 Å². The van der Waals surface area contributed by atoms with Crippen LogP contribution in [0.4, 0.5) is 4.39 Å². The van der Waals surface area contributed by atoms with Gasteiger partial charge in [0.15, 0.2) is 0 Å². The van der Waals surface area contributed by atoms with Crippen molar-refractivity contribution in [3.63, 3.8) is 0 Å². The van der Waals surface area contributed by atoms with E-state index in [4.69, 9.17) is 0 Å². The molecule has 0 spiro atoms. The molecule has 1 amide bonds. The van der Waals surface area contributed by atoms with Crippen LogP contribution in [-0.4, -0.2) is 23.6 Å². The minimum atomic E-state index is -0.491. The third-order valence-electron chi connectivity index (χ3n) is 2.50. The zero-order valence-electron chi connectivity index (χ0n) is 10.7. The van der Waals surface area contributed by atoms with Crippen molar-refractivity contribution in [3.8, 4) is 5.75 Å². The Morgan fingerprint density at radius 2 is 2.17 bits per heavy atom. The van der Waals surface area contributed by atoms with Gasteiger partial charge in [-0.3, -0.25) is 4.79 Å². The number of hydrogen-bond acceptors (Lipinski definition) is 3. The van der Waals surface area contributed by atoms with Crippen LogP contribution in [0.15, 0.2) is 18.2 Å². The molecule has 100 valence electrons. The summed E-state index contributed by atoms with van der Waals surface area (Å²) in [6.07, 6.45) is 0.885. The molecule has 1 atom stereocenters. The fourth-order valence-corrected chi connectivity index (χ4v) is 1.50. The van der Waals surface area contributed by atoms with E-state index in [0.29, 0.717) is 18.7 Å². The van der Waals surface area contributed by atoms with Crippen LogP contribution < -0.4 is 10.6 Å². The van der Waals surface area contributed by atoms with Crippen LogP contribution >= 0.6 is 0 Å². The van der Waals surface area contributed by atoms with Crippen molar-refractivity contribution in [1.29, 1.82) is 0 Å². The van der Waals surface area contributed by atoms with Gasteiger partial charge >= 0.3 is 0 Å². The molecule has 1 rings (SSSR count). The van der Waals surface area contributed by atoms with E-state index >= 15 is 0 Å². The monoisotopic (exact) mass is 254 g/mol. The van der Waals surface area contributed by atoms with E-state index < -0.39 is 5.82 Å². The molecular formula is C13H19FN2O2. The van der Waals surface area contributed by atoms with Crippen LogP contribution in [0.2, 0.25) is 0 Å². The Kier molecular flexibility index (Phi) is 5.58. The van der Waals surface area contributed by atoms with E-state index in [9.17, 15) is 14.3 Å². The first kappa shape index (κ1) is 14.4. The number of nitrogens with one attached hydrogen (secondary N) is 2. The van der Waals surface area contributed by atoms with Gasteiger partial charge in [-0.05, 0) is 31.0 Å². The number of halogens is 1. The molecule has 5 heteroatoms. The van der Waals surface area contributed by atoms with Crippen LogP contribution in [-0.2, 0) is 11.3 Å². The number of amides is 1. The lowest BCUT2D eigenvalue weighted by atomic mass is 10.2. The number of carbonyl (C=O) groups is 1. The largest absolute Gasteiger partial charge is 0.508 e. The summed E-state index contributed by atoms with van der Waals surface area (Å²) < 4.78 is 13.0. The molecule has 4 nitrogen and oxygen atoms in total. The van der Waals surface area contributed by atoms with Crippen molar-refractivity contribution in [2.24, 2.45) is 0 Å². The van der Waals surface area contributed by atoms with Crippen LogP contribution in [0.3, 0.4) is 0 Å². The van der Waals surface area contributed by atoms with E-state index in [1.54, 1.807) is 6.92 Å². The highest BCUT2D eigenvalue weighted by molar-refractivity contribution is 5.81. The molecule has 0 saturated carbocycles. The van der Waals surface area contributed by atoms with Crippen molar-refractivity contribution in [1.82, 2.24) is 10.6 Å². The lowest BCUT2D eigenvalue weighted by molar-refractivity contribution is -0.122. The molecule has 0 aliphatic rings. The van der Waals surface area contributed by atoms with Crippen molar-refractivity contribution in [3.05, 3.63) is 29.6 Å². The van der Waals surface area contributed by atoms with Crippen molar-refractivity contribution in [2.75, 3.05) is 6.54 Å². The van der Waals surface area contributed by atoms with Gasteiger partial charge in [-0.1, -0.05) is 6.92 Å². The molecule has 3 N–H and O–H groups in total. The number of benzene rings is 1. The minimum Gasteiger partial charge on any atom is -0.508 e. The average Bonchev–Trinajstić information content (AvgIpc) is 2.31. The Hall–Kier alpha value is -1.62. The Balaban J connectivity index is 2.46. The normalized spacial score (nSPS) is 12.2. The number of rotatable bonds is 6. The van der Waals surface area contributed by atoms with Gasteiger partial charge in [-0.25, -0.2) is 4.39 Å². The first-order valence-electron chi connectivity index (χ1n) is 6.02. The molecule has 0 heterocycles. The number of phenolic OH excluding ortho intramolecular Hbond substituents is 1. The number of aromatic hydroxyl groups is 1. The summed E-state index contributed by atoms with van der Waals surface area (Å²) in [6, 6.07) is 3.47. The topological polar surface area (TPSA) is 61.4 Å². The fourth-order valence-electron chi connectivity index (χ4n) is 1.50. The molecule has 1 aromatic carbocycles. The van der Waals surface area contributed by atoms with Crippen LogP contribution in [0.1, 0.15) is 25.8 Å². The summed E-state index contributed by atoms with van der Waals surface area (Å²) in [7, 11) is 0. The molecule has 0 aliphatic carbocycles. The van der Waals surface area contributed by atoms with Gasteiger partial charge in [0.25, 0.3) is 0 Å². The fraction of sp³-hybridized carbons (Fsp3) is 0.462. The van der Waals surface area contributed by atoms with Crippen LogP contribution in [0.5, 0.6) is 5.75 Å². The summed E-state index contributed by atoms with van der Waals surface area (Å²) in [4.78, 5) is 11.6. The van der Waals surface area contributed by atoms with Gasteiger partial charge in [0.1, 0.15) is 11.6 Å². The number of hydrogen-bond donors (Lipinski definition) is 3. The highest BCUT2D eigenvalue weighted by Gasteiger charge is 2.11. The third kappa shape index (κ3) is 4.71. The maximum Gasteiger partial charge on any atom is 0.236 e. The molecular weight excluding hydrogens is 235 g/mol. The average molecular weight is 254 g/mol. The second-order valence-electron chi connectivity index (χ2n) is 4.21. The first-order chi connectivity index (χ1) is 8.52. The van der Waals surface area contributed by atoms with Crippen molar-refractivity contribution < 1.29 is 14.3 Å². The van der Waals surface area contributed by atoms with Crippen molar-refractivity contribution >= 4 is 5.91 Å². The zero-order valence-corrected chi connectivity index (χ0v) is 10.7. The summed E-state index contributed by atoms with van der Waals surface area (Å²) in [5, 5.41) is 15.0. The summed E-state index contributed by atoms with van der Waals surface area (Å²) in [5.74, 6) is -0.692. The van der Waals surface area contributed by atoms with E-state index in [2.05, 4.69) is 10.6 Å². The second kappa shape index (κ2) is 6.96. The highest BCUT2D eigenvalue weighted by atomic mass is 19.1. The predicted molar refractivity (Wildman–Crippen MR) is 67.7 cm³/mol. The molecule has 1 aromatic rings. The first-order valence-corrected chi connectivity index (χ1v) is 6.02. The molecule has 0 bridgehead atoms. The minimum absolute atomic E-state index is 0.0857. The third-order valence-corrected chi connectivity index (χ3v) is 2.50. The lowest BCUT2D eigenvalue weighted by Gasteiger charge is -2.13. The van der Waals surface area contributed by atoms with Gasteiger partial charge in [-0.2, -0.15) is 0 Å². The molecule has 0 aliphatic heterocycles. The SMILES string of the molecule is CCCNC(=O)C(C)NCc1cc(O)cc(F)c1. The Morgan fingerprint density at radius 3 is 2.78 bits per heavy atom. The number of carbonyl (C=O) groups excluding carboxylic acids is 1. The summed E-state index contributed by atoms with van der Waals surface area (Å²) in [6.45, 7) is 4.69. The molecule has 18 heavy (non-hydrogen) atoms. The summed E-state index contributed by atoms with van der Waals surface area (Å²) >= 11 is 0. The van der Waals surface area contributed by atoms with Crippen molar-refractivity contribution in [2.45, 2.75) is 32.9 Å². The molecule has 0 fully saturated rings. The highest BCUT2D eigenvalue weighted by Crippen LogP contribution is 2.14. The van der Waals surface area contributed by atoms with E-state index in [-0.39, 0.29) is 17.7 Å². The lowest BCUT2D eigenvalue weighted by Crippen LogP contribution is -2.42. The smallest absolute Gasteiger partial charge is 0.236 e. The van der Waals surface area contributed by atoms with Gasteiger partial charge in [0, 0.05) is 19.2 Å². The van der Waals surface area contributed by atoms with Gasteiger partial charge in [-0.15, -0.1) is 0 Å². The standard InChI is InChI=1S/C13H19FN2O2/c1-3-4-15-13(18)9(2)16-8-10-5-11(14)7-12(17)6-10/h5-7,9,16-17H,3-4,8H2,1-2H3,(H,15,18). The quantitative estimate of drug-likeness (QED) is 0.721. The summed E-state index contributed by atoms with van der Waals surface area (Å²) in [5.41, 5.74) is 0.600. The Bertz CT molecular complexity index is 390. The zero-order chi connectivity index (χ0) is 13.5. The van der Waals surface area contributed by atoms with E-state index in [1.807, 2.05) is 6.92 Å². The predicted octanol–water partition coefficient (Wildman–Crippen LogP) is 1.54. The molecule has 0 saturated heterocycles. The van der Waals surface area contributed by atoms with E-state index in [1.165, 1.54) is 12.1 Å².